The molecule has 3 N–H and O–H groups in total. The molecule has 0 unspecified atom stereocenters. The summed E-state index contributed by atoms with van der Waals surface area (Å²) in [5.41, 5.74) is 8.34. The number of nitrogens with two attached hydrogens (primary N) is 1. The van der Waals surface area contributed by atoms with E-state index < -0.39 is 5.97 Å². The fourth-order valence-corrected chi connectivity index (χ4v) is 2.89. The number of nitrogens with zero attached hydrogens (tertiary/aromatic N) is 1. The number of benzene rings is 2. The Labute approximate surface area is 124 Å². The second-order valence-corrected chi connectivity index (χ2v) is 5.58. The van der Waals surface area contributed by atoms with Crippen molar-refractivity contribution in [1.82, 2.24) is 4.98 Å². The van der Waals surface area contributed by atoms with Gasteiger partial charge in [-0.2, -0.15) is 0 Å². The maximum Gasteiger partial charge on any atom is 0.337 e. The van der Waals surface area contributed by atoms with E-state index in [-0.39, 0.29) is 11.3 Å². The van der Waals surface area contributed by atoms with Gasteiger partial charge in [-0.3, -0.25) is 0 Å². The molecule has 3 aromatic rings. The van der Waals surface area contributed by atoms with Gasteiger partial charge in [0, 0.05) is 10.6 Å². The molecule has 0 spiro atoms. The molecule has 0 saturated heterocycles. The summed E-state index contributed by atoms with van der Waals surface area (Å²) in [6, 6.07) is 10.8. The van der Waals surface area contributed by atoms with E-state index in [1.54, 1.807) is 6.92 Å². The standard InChI is InChI=1S/C15H12N2O3S/c1-8-6-9(7-10(13(8)16)14(18)19)21-15-17-11-4-2-3-5-12(11)20-15/h2-7H,16H2,1H3,(H,18,19). The van der Waals surface area contributed by atoms with Crippen molar-refractivity contribution >= 4 is 34.5 Å². The van der Waals surface area contributed by atoms with Crippen LogP contribution in [0.15, 0.2) is 50.9 Å². The summed E-state index contributed by atoms with van der Waals surface area (Å²) in [7, 11) is 0. The number of para-hydroxylation sites is 2. The Morgan fingerprint density at radius 1 is 1.33 bits per heavy atom. The topological polar surface area (TPSA) is 89.3 Å². The number of hydrogen-bond donors (Lipinski definition) is 2. The minimum atomic E-state index is -1.05. The molecule has 106 valence electrons. The molecule has 2 aromatic carbocycles. The summed E-state index contributed by atoms with van der Waals surface area (Å²) < 4.78 is 5.62. The van der Waals surface area contributed by atoms with Crippen molar-refractivity contribution in [3.05, 3.63) is 47.5 Å². The van der Waals surface area contributed by atoms with E-state index >= 15 is 0 Å². The van der Waals surface area contributed by atoms with Crippen LogP contribution in [0, 0.1) is 6.92 Å². The molecule has 0 atom stereocenters. The van der Waals surface area contributed by atoms with E-state index in [1.165, 1.54) is 17.8 Å². The zero-order chi connectivity index (χ0) is 15.0. The number of anilines is 1. The van der Waals surface area contributed by atoms with Crippen LogP contribution in [0.1, 0.15) is 15.9 Å². The number of hydrogen-bond acceptors (Lipinski definition) is 5. The van der Waals surface area contributed by atoms with Crippen LogP contribution >= 0.6 is 11.8 Å². The van der Waals surface area contributed by atoms with Crippen LogP contribution in [0.4, 0.5) is 5.69 Å². The summed E-state index contributed by atoms with van der Waals surface area (Å²) in [4.78, 5) is 16.3. The maximum absolute atomic E-state index is 11.2. The van der Waals surface area contributed by atoms with Gasteiger partial charge in [0.25, 0.3) is 5.22 Å². The van der Waals surface area contributed by atoms with Crippen LogP contribution in [-0.4, -0.2) is 16.1 Å². The van der Waals surface area contributed by atoms with Gasteiger partial charge in [0.2, 0.25) is 0 Å². The number of rotatable bonds is 3. The number of carboxylic acid groups (broad SMARTS) is 1. The fraction of sp³-hybridized carbons (Fsp3) is 0.0667. The molecular formula is C15H12N2O3S. The van der Waals surface area contributed by atoms with E-state index in [2.05, 4.69) is 4.98 Å². The third-order valence-electron chi connectivity index (χ3n) is 3.07. The lowest BCUT2D eigenvalue weighted by Crippen LogP contribution is -2.04. The third-order valence-corrected chi connectivity index (χ3v) is 3.89. The zero-order valence-electron chi connectivity index (χ0n) is 11.2. The van der Waals surface area contributed by atoms with Crippen molar-refractivity contribution in [2.24, 2.45) is 0 Å². The molecule has 0 aliphatic heterocycles. The number of carboxylic acids is 1. The van der Waals surface area contributed by atoms with Gasteiger partial charge in [-0.15, -0.1) is 0 Å². The minimum absolute atomic E-state index is 0.0913. The molecule has 0 radical (unpaired) electrons. The number of carbonyl (C=O) groups is 1. The van der Waals surface area contributed by atoms with Gasteiger partial charge in [-0.25, -0.2) is 9.78 Å². The number of aromatic nitrogens is 1. The van der Waals surface area contributed by atoms with Gasteiger partial charge in [0.1, 0.15) is 5.52 Å². The SMILES string of the molecule is Cc1cc(Sc2nc3ccccc3o2)cc(C(=O)O)c1N. The smallest absolute Gasteiger partial charge is 0.337 e. The number of oxazole rings is 1. The van der Waals surface area contributed by atoms with Crippen LogP contribution in [0.3, 0.4) is 0 Å². The number of nitrogen functional groups attached to an aromatic ring is 1. The predicted octanol–water partition coefficient (Wildman–Crippen LogP) is 3.57. The van der Waals surface area contributed by atoms with Gasteiger partial charge < -0.3 is 15.3 Å². The molecule has 21 heavy (non-hydrogen) atoms. The van der Waals surface area contributed by atoms with Crippen molar-refractivity contribution in [2.75, 3.05) is 5.73 Å². The second-order valence-electron chi connectivity index (χ2n) is 4.56. The summed E-state index contributed by atoms with van der Waals surface area (Å²) in [6.45, 7) is 1.78. The monoisotopic (exact) mass is 300 g/mol. The molecule has 5 nitrogen and oxygen atoms in total. The lowest BCUT2D eigenvalue weighted by Gasteiger charge is -2.07. The number of fused-ring (bicyclic) bond motifs is 1. The lowest BCUT2D eigenvalue weighted by atomic mass is 10.1. The summed E-state index contributed by atoms with van der Waals surface area (Å²) >= 11 is 1.27. The Balaban J connectivity index is 1.99. The summed E-state index contributed by atoms with van der Waals surface area (Å²) in [5.74, 6) is -1.05. The average molecular weight is 300 g/mol. The lowest BCUT2D eigenvalue weighted by molar-refractivity contribution is 0.0697. The molecule has 0 bridgehead atoms. The van der Waals surface area contributed by atoms with Gasteiger partial charge in [0.05, 0.1) is 5.56 Å². The van der Waals surface area contributed by atoms with Gasteiger partial charge in [-0.05, 0) is 48.5 Å². The summed E-state index contributed by atoms with van der Waals surface area (Å²) in [6.07, 6.45) is 0. The molecule has 6 heteroatoms. The second kappa shape index (κ2) is 5.14. The molecule has 0 amide bonds. The highest BCUT2D eigenvalue weighted by atomic mass is 32.2. The molecule has 0 saturated carbocycles. The largest absolute Gasteiger partial charge is 0.478 e. The minimum Gasteiger partial charge on any atom is -0.478 e. The molecule has 0 fully saturated rings. The number of aryl methyl sites for hydroxylation is 1. The van der Waals surface area contributed by atoms with Crippen LogP contribution in [0.25, 0.3) is 11.1 Å². The quantitative estimate of drug-likeness (QED) is 0.719. The van der Waals surface area contributed by atoms with Gasteiger partial charge >= 0.3 is 5.97 Å². The predicted molar refractivity (Wildman–Crippen MR) is 80.7 cm³/mol. The van der Waals surface area contributed by atoms with Crippen molar-refractivity contribution < 1.29 is 14.3 Å². The molecular weight excluding hydrogens is 288 g/mol. The van der Waals surface area contributed by atoms with Crippen LogP contribution in [0.2, 0.25) is 0 Å². The molecule has 0 aliphatic rings. The molecule has 1 heterocycles. The van der Waals surface area contributed by atoms with Crippen molar-refractivity contribution in [3.8, 4) is 0 Å². The first-order chi connectivity index (χ1) is 10.0. The van der Waals surface area contributed by atoms with Crippen LogP contribution in [-0.2, 0) is 0 Å². The molecule has 3 rings (SSSR count). The molecule has 0 aliphatic carbocycles. The Morgan fingerprint density at radius 2 is 2.10 bits per heavy atom. The van der Waals surface area contributed by atoms with Crippen molar-refractivity contribution in [1.29, 1.82) is 0 Å². The maximum atomic E-state index is 11.2. The first kappa shape index (κ1) is 13.5. The highest BCUT2D eigenvalue weighted by Gasteiger charge is 2.14. The number of aromatic carboxylic acids is 1. The van der Waals surface area contributed by atoms with Crippen LogP contribution < -0.4 is 5.73 Å². The van der Waals surface area contributed by atoms with E-state index in [9.17, 15) is 4.79 Å². The Morgan fingerprint density at radius 3 is 2.81 bits per heavy atom. The van der Waals surface area contributed by atoms with E-state index in [4.69, 9.17) is 15.3 Å². The first-order valence-electron chi connectivity index (χ1n) is 6.21. The Hall–Kier alpha value is -2.47. The van der Waals surface area contributed by atoms with Crippen molar-refractivity contribution in [3.63, 3.8) is 0 Å². The normalized spacial score (nSPS) is 10.9. The first-order valence-corrected chi connectivity index (χ1v) is 7.03. The Kier molecular flexibility index (Phi) is 3.31. The van der Waals surface area contributed by atoms with Crippen LogP contribution in [0.5, 0.6) is 0 Å². The van der Waals surface area contributed by atoms with E-state index in [1.807, 2.05) is 30.3 Å². The van der Waals surface area contributed by atoms with Crippen molar-refractivity contribution in [2.45, 2.75) is 17.0 Å². The zero-order valence-corrected chi connectivity index (χ0v) is 12.0. The third kappa shape index (κ3) is 2.57. The van der Waals surface area contributed by atoms with Gasteiger partial charge in [-0.1, -0.05) is 12.1 Å². The summed E-state index contributed by atoms with van der Waals surface area (Å²) in [5, 5.41) is 9.64. The molecule has 1 aromatic heterocycles. The van der Waals surface area contributed by atoms with E-state index in [0.29, 0.717) is 16.4 Å². The van der Waals surface area contributed by atoms with E-state index in [0.717, 1.165) is 10.4 Å². The Bertz CT molecular complexity index is 809. The average Bonchev–Trinajstić information content (AvgIpc) is 2.84. The van der Waals surface area contributed by atoms with Gasteiger partial charge in [0.15, 0.2) is 5.58 Å². The fourth-order valence-electron chi connectivity index (χ4n) is 2.00. The highest BCUT2D eigenvalue weighted by Crippen LogP contribution is 2.33. The highest BCUT2D eigenvalue weighted by molar-refractivity contribution is 7.99.